The van der Waals surface area contributed by atoms with Crippen molar-refractivity contribution in [1.82, 2.24) is 9.55 Å². The van der Waals surface area contributed by atoms with Crippen molar-refractivity contribution in [2.45, 2.75) is 24.5 Å². The highest BCUT2D eigenvalue weighted by molar-refractivity contribution is 5.99. The van der Waals surface area contributed by atoms with Gasteiger partial charge >= 0.3 is 11.9 Å². The van der Waals surface area contributed by atoms with Crippen molar-refractivity contribution >= 4 is 11.9 Å². The Kier molecular flexibility index (Phi) is 5.91. The monoisotopic (exact) mass is 423 g/mol. The summed E-state index contributed by atoms with van der Waals surface area (Å²) in [5.74, 6) is -3.60. The molecule has 0 aromatic carbocycles. The average molecular weight is 423 g/mol. The van der Waals surface area contributed by atoms with Crippen LogP contribution in [0.4, 0.5) is 0 Å². The topological polar surface area (TPSA) is 259 Å². The van der Waals surface area contributed by atoms with E-state index in [1.165, 1.54) is 0 Å². The molecule has 1 saturated heterocycles. The summed E-state index contributed by atoms with van der Waals surface area (Å²) in [6.45, 7) is -1.01. The number of carbonyl (C=O) groups is 2. The van der Waals surface area contributed by atoms with E-state index in [-0.39, 0.29) is 0 Å². The van der Waals surface area contributed by atoms with Crippen LogP contribution in [-0.2, 0) is 19.2 Å². The molecule has 1 aliphatic rings. The van der Waals surface area contributed by atoms with E-state index >= 15 is 0 Å². The Morgan fingerprint density at radius 1 is 1.07 bits per heavy atom. The van der Waals surface area contributed by atoms with Gasteiger partial charge in [-0.05, 0) is 0 Å². The first-order valence-corrected chi connectivity index (χ1v) is 7.11. The van der Waals surface area contributed by atoms with Gasteiger partial charge in [0.2, 0.25) is 0 Å². The normalized spacial score (nSPS) is 23.2. The van der Waals surface area contributed by atoms with Crippen molar-refractivity contribution in [3.63, 3.8) is 0 Å². The molecule has 19 heteroatoms. The van der Waals surface area contributed by atoms with Crippen LogP contribution in [0.2, 0.25) is 0 Å². The molecule has 0 unspecified atom stereocenters. The molecule has 1 aromatic heterocycles. The summed E-state index contributed by atoms with van der Waals surface area (Å²) in [7, 11) is 0. The van der Waals surface area contributed by atoms with Crippen LogP contribution < -0.4 is 0 Å². The first kappa shape index (κ1) is 21.0. The second kappa shape index (κ2) is 8.16. The predicted octanol–water partition coefficient (Wildman–Crippen LogP) is -1.46. The predicted molar refractivity (Wildman–Crippen MR) is 76.7 cm³/mol. The number of rotatable bonds is 10. The molecule has 0 saturated carbocycles. The third-order valence-electron chi connectivity index (χ3n) is 3.52. The van der Waals surface area contributed by atoms with Gasteiger partial charge in [-0.3, -0.25) is 4.57 Å². The summed E-state index contributed by atoms with van der Waals surface area (Å²) in [5, 5.41) is 46.1. The van der Waals surface area contributed by atoms with Gasteiger partial charge in [-0.2, -0.15) is 0 Å². The molecule has 0 bridgehead atoms. The molecule has 1 aliphatic heterocycles. The zero-order valence-electron chi connectivity index (χ0n) is 13.6. The first-order valence-electron chi connectivity index (χ1n) is 7.11. The van der Waals surface area contributed by atoms with Crippen LogP contribution in [0.3, 0.4) is 0 Å². The number of carboxylic acid groups (broad SMARTS) is 2. The van der Waals surface area contributed by atoms with E-state index in [2.05, 4.69) is 19.5 Å². The van der Waals surface area contributed by atoms with Crippen LogP contribution in [0.5, 0.6) is 0 Å². The second-order valence-electron chi connectivity index (χ2n) is 5.13. The fourth-order valence-corrected chi connectivity index (χ4v) is 2.56. The van der Waals surface area contributed by atoms with E-state index in [9.17, 15) is 45.0 Å². The number of hydrogen-bond donors (Lipinski definition) is 2. The minimum absolute atomic E-state index is 0.489. The Bertz CT molecular complexity index is 852. The Balaban J connectivity index is 2.51. The second-order valence-corrected chi connectivity index (χ2v) is 5.13. The van der Waals surface area contributed by atoms with Crippen molar-refractivity contribution < 1.29 is 54.3 Å². The quantitative estimate of drug-likeness (QED) is 0.321. The Hall–Kier alpha value is -4.29. The smallest absolute Gasteiger partial charge is 0.357 e. The number of nitrogens with zero attached hydrogens (tertiary/aromatic N) is 5. The molecule has 0 radical (unpaired) electrons. The zero-order chi connectivity index (χ0) is 21.9. The van der Waals surface area contributed by atoms with E-state index in [4.69, 9.17) is 9.84 Å². The van der Waals surface area contributed by atoms with Gasteiger partial charge in [0, 0.05) is 0 Å². The summed E-state index contributed by atoms with van der Waals surface area (Å²) in [6, 6.07) is 0. The zero-order valence-corrected chi connectivity index (χ0v) is 13.6. The van der Waals surface area contributed by atoms with Crippen molar-refractivity contribution in [1.29, 1.82) is 0 Å². The molecule has 158 valence electrons. The molecule has 1 aromatic rings. The van der Waals surface area contributed by atoms with E-state index in [1.807, 2.05) is 0 Å². The maximum atomic E-state index is 11.4. The van der Waals surface area contributed by atoms with Crippen molar-refractivity contribution in [2.75, 3.05) is 6.61 Å². The van der Waals surface area contributed by atoms with E-state index in [0.29, 0.717) is 10.9 Å². The minimum Gasteiger partial charge on any atom is -0.476 e. The number of carboxylic acids is 2. The summed E-state index contributed by atoms with van der Waals surface area (Å²) in [5.41, 5.74) is -1.98. The van der Waals surface area contributed by atoms with Crippen LogP contribution >= 0.6 is 0 Å². The SMILES string of the molecule is O=C(O)c1ncn([C@@H]2O[C@H](CO[N+](=O)[O-])[C@@H](O[N+](=O)[O-])[C@H]2O[N+](=O)[O-])c1C(=O)O. The number of ether oxygens (including phenoxy) is 1. The number of imidazole rings is 1. The molecule has 4 atom stereocenters. The first-order chi connectivity index (χ1) is 13.5. The number of hydrogen-bond acceptors (Lipinski definition) is 13. The number of aromatic carboxylic acids is 2. The van der Waals surface area contributed by atoms with Gasteiger partial charge in [0.1, 0.15) is 12.7 Å². The van der Waals surface area contributed by atoms with Crippen LogP contribution in [0.15, 0.2) is 6.33 Å². The lowest BCUT2D eigenvalue weighted by Crippen LogP contribution is -2.41. The van der Waals surface area contributed by atoms with Crippen LogP contribution in [0, 0.1) is 30.3 Å². The maximum Gasteiger partial charge on any atom is 0.357 e. The average Bonchev–Trinajstić information content (AvgIpc) is 3.15. The molecule has 29 heavy (non-hydrogen) atoms. The van der Waals surface area contributed by atoms with Gasteiger partial charge < -0.3 is 29.5 Å². The van der Waals surface area contributed by atoms with Gasteiger partial charge in [0.15, 0.2) is 29.8 Å². The Labute approximate surface area is 156 Å². The molecule has 2 rings (SSSR count). The van der Waals surface area contributed by atoms with Crippen LogP contribution in [0.1, 0.15) is 27.2 Å². The summed E-state index contributed by atoms with van der Waals surface area (Å²) < 4.78 is 5.68. The molecule has 0 aliphatic carbocycles. The van der Waals surface area contributed by atoms with Crippen molar-refractivity contribution in [2.24, 2.45) is 0 Å². The van der Waals surface area contributed by atoms with Gasteiger partial charge in [-0.15, -0.1) is 30.3 Å². The van der Waals surface area contributed by atoms with Gasteiger partial charge in [0.05, 0.1) is 6.33 Å². The molecule has 0 spiro atoms. The molecular weight excluding hydrogens is 414 g/mol. The van der Waals surface area contributed by atoms with Gasteiger partial charge in [-0.25, -0.2) is 14.6 Å². The lowest BCUT2D eigenvalue weighted by molar-refractivity contribution is -0.799. The summed E-state index contributed by atoms with van der Waals surface area (Å²) >= 11 is 0. The van der Waals surface area contributed by atoms with Crippen molar-refractivity contribution in [3.05, 3.63) is 48.1 Å². The largest absolute Gasteiger partial charge is 0.476 e. The molecule has 2 heterocycles. The lowest BCUT2D eigenvalue weighted by Gasteiger charge is -2.21. The standard InChI is InChI=1S/C10H9N5O14/c16-9(17)4-5(10(18)19)12(2-11-4)8-7(29-15(24)25)6(28-14(22)23)3(27-8)1-26-13(20)21/h2-3,6-8H,1H2,(H,16,17)(H,18,19)/t3-,6-,7-,8-/m1/s1. The Morgan fingerprint density at radius 2 is 1.66 bits per heavy atom. The third-order valence-corrected chi connectivity index (χ3v) is 3.52. The van der Waals surface area contributed by atoms with Crippen LogP contribution in [0.25, 0.3) is 0 Å². The Morgan fingerprint density at radius 3 is 2.14 bits per heavy atom. The molecule has 1 fully saturated rings. The summed E-state index contributed by atoms with van der Waals surface area (Å²) in [6.07, 6.45) is -7.05. The fourth-order valence-electron chi connectivity index (χ4n) is 2.56. The maximum absolute atomic E-state index is 11.4. The van der Waals surface area contributed by atoms with Gasteiger partial charge in [-0.1, -0.05) is 0 Å². The molecular formula is C10H9N5O14. The molecule has 0 amide bonds. The van der Waals surface area contributed by atoms with E-state index in [0.717, 1.165) is 0 Å². The van der Waals surface area contributed by atoms with E-state index in [1.54, 1.807) is 0 Å². The highest BCUT2D eigenvalue weighted by Gasteiger charge is 2.52. The highest BCUT2D eigenvalue weighted by atomic mass is 17.0. The minimum atomic E-state index is -2.05. The highest BCUT2D eigenvalue weighted by Crippen LogP contribution is 2.35. The number of aromatic nitrogens is 2. The lowest BCUT2D eigenvalue weighted by atomic mass is 10.1. The third kappa shape index (κ3) is 4.52. The molecule has 2 N–H and O–H groups in total. The fraction of sp³-hybridized carbons (Fsp3) is 0.500. The van der Waals surface area contributed by atoms with Gasteiger partial charge in [0.25, 0.3) is 15.3 Å². The van der Waals surface area contributed by atoms with Crippen LogP contribution in [-0.4, -0.2) is 71.9 Å². The summed E-state index contributed by atoms with van der Waals surface area (Å²) in [4.78, 5) is 70.4. The van der Waals surface area contributed by atoms with E-state index < -0.39 is 69.7 Å². The molecule has 19 nitrogen and oxygen atoms in total. The van der Waals surface area contributed by atoms with Crippen molar-refractivity contribution in [3.8, 4) is 0 Å².